The molecule has 0 N–H and O–H groups in total. The quantitative estimate of drug-likeness (QED) is 0.748. The fourth-order valence-corrected chi connectivity index (χ4v) is 2.77. The van der Waals surface area contributed by atoms with Crippen LogP contribution in [0.2, 0.25) is 0 Å². The lowest BCUT2D eigenvalue weighted by atomic mass is 10.1. The highest BCUT2D eigenvalue weighted by Gasteiger charge is 2.20. The Labute approximate surface area is 109 Å². The molecule has 0 radical (unpaired) electrons. The molecular weight excluding hydrogens is 224 g/mol. The summed E-state index contributed by atoms with van der Waals surface area (Å²) in [6.45, 7) is 6.05. The van der Waals surface area contributed by atoms with Gasteiger partial charge in [-0.25, -0.2) is 4.98 Å². The van der Waals surface area contributed by atoms with Crippen molar-refractivity contribution in [1.82, 2.24) is 4.98 Å². The van der Waals surface area contributed by atoms with Crippen LogP contribution >= 0.6 is 0 Å². The summed E-state index contributed by atoms with van der Waals surface area (Å²) < 4.78 is 0. The molecule has 0 aromatic carbocycles. The zero-order valence-electron chi connectivity index (χ0n) is 11.4. The molecule has 98 valence electrons. The van der Waals surface area contributed by atoms with Crippen molar-refractivity contribution in [3.8, 4) is 0 Å². The molecule has 2 rings (SSSR count). The number of anilines is 1. The number of nitrogens with zero attached hydrogens (tertiary/aromatic N) is 2. The molecule has 1 aromatic rings. The molecule has 1 saturated carbocycles. The predicted octanol–water partition coefficient (Wildman–Crippen LogP) is 3.22. The summed E-state index contributed by atoms with van der Waals surface area (Å²) >= 11 is 0. The van der Waals surface area contributed by atoms with Gasteiger partial charge >= 0.3 is 0 Å². The smallest absolute Gasteiger partial charge is 0.153 e. The number of aldehydes is 1. The van der Waals surface area contributed by atoms with E-state index in [1.165, 1.54) is 25.7 Å². The molecule has 0 amide bonds. The Hall–Kier alpha value is -1.38. The summed E-state index contributed by atoms with van der Waals surface area (Å²) in [5, 5.41) is 0. The lowest BCUT2D eigenvalue weighted by Crippen LogP contribution is -2.30. The van der Waals surface area contributed by atoms with Gasteiger partial charge in [-0.05, 0) is 44.7 Å². The first-order valence-electron chi connectivity index (χ1n) is 6.92. The number of aromatic nitrogens is 1. The Morgan fingerprint density at radius 1 is 1.39 bits per heavy atom. The van der Waals surface area contributed by atoms with Crippen LogP contribution in [-0.4, -0.2) is 24.4 Å². The summed E-state index contributed by atoms with van der Waals surface area (Å²) in [4.78, 5) is 17.9. The second-order valence-corrected chi connectivity index (χ2v) is 5.17. The lowest BCUT2D eigenvalue weighted by molar-refractivity contribution is 0.112. The third kappa shape index (κ3) is 2.89. The van der Waals surface area contributed by atoms with Crippen LogP contribution < -0.4 is 4.90 Å². The van der Waals surface area contributed by atoms with Crippen LogP contribution in [-0.2, 0) is 0 Å². The number of hydrogen-bond acceptors (Lipinski definition) is 3. The topological polar surface area (TPSA) is 33.2 Å². The van der Waals surface area contributed by atoms with Crippen molar-refractivity contribution in [1.29, 1.82) is 0 Å². The normalized spacial score (nSPS) is 15.9. The molecule has 18 heavy (non-hydrogen) atoms. The second kappa shape index (κ2) is 5.98. The molecule has 1 aliphatic rings. The number of aryl methyl sites for hydroxylation is 1. The van der Waals surface area contributed by atoms with Gasteiger partial charge in [0.15, 0.2) is 6.29 Å². The van der Waals surface area contributed by atoms with Gasteiger partial charge in [-0.15, -0.1) is 0 Å². The summed E-state index contributed by atoms with van der Waals surface area (Å²) in [7, 11) is 0. The Kier molecular flexibility index (Phi) is 4.34. The summed E-state index contributed by atoms with van der Waals surface area (Å²) in [6.07, 6.45) is 6.25. The van der Waals surface area contributed by atoms with Crippen molar-refractivity contribution in [2.24, 2.45) is 5.92 Å². The number of carbonyl (C=O) groups excluding carboxylic acids is 1. The average Bonchev–Trinajstić information content (AvgIpc) is 2.88. The molecule has 1 aliphatic carbocycles. The third-order valence-corrected chi connectivity index (χ3v) is 3.81. The molecule has 0 atom stereocenters. The molecule has 0 aliphatic heterocycles. The van der Waals surface area contributed by atoms with Crippen molar-refractivity contribution in [2.45, 2.75) is 39.5 Å². The zero-order chi connectivity index (χ0) is 13.0. The van der Waals surface area contributed by atoms with Crippen LogP contribution in [0, 0.1) is 12.8 Å². The van der Waals surface area contributed by atoms with Crippen LogP contribution in [0.3, 0.4) is 0 Å². The highest BCUT2D eigenvalue weighted by Crippen LogP contribution is 2.27. The van der Waals surface area contributed by atoms with Crippen molar-refractivity contribution in [2.75, 3.05) is 18.0 Å². The second-order valence-electron chi connectivity index (χ2n) is 5.17. The highest BCUT2D eigenvalue weighted by molar-refractivity contribution is 5.82. The summed E-state index contributed by atoms with van der Waals surface area (Å²) in [5.74, 6) is 1.63. The third-order valence-electron chi connectivity index (χ3n) is 3.81. The fraction of sp³-hybridized carbons (Fsp3) is 0.600. The fourth-order valence-electron chi connectivity index (χ4n) is 2.77. The average molecular weight is 246 g/mol. The first-order valence-corrected chi connectivity index (χ1v) is 6.92. The summed E-state index contributed by atoms with van der Waals surface area (Å²) in [5.41, 5.74) is 1.68. The van der Waals surface area contributed by atoms with Gasteiger partial charge in [0.05, 0.1) is 5.56 Å². The van der Waals surface area contributed by atoms with E-state index in [0.717, 1.165) is 36.8 Å². The Balaban J connectivity index is 2.19. The Morgan fingerprint density at radius 2 is 2.11 bits per heavy atom. The number of rotatable bonds is 5. The number of hydrogen-bond donors (Lipinski definition) is 0. The van der Waals surface area contributed by atoms with Gasteiger partial charge in [0.25, 0.3) is 0 Å². The van der Waals surface area contributed by atoms with Gasteiger partial charge in [0.1, 0.15) is 5.82 Å². The first kappa shape index (κ1) is 13.1. The van der Waals surface area contributed by atoms with Crippen molar-refractivity contribution >= 4 is 12.1 Å². The number of carbonyl (C=O) groups is 1. The lowest BCUT2D eigenvalue weighted by Gasteiger charge is -2.26. The van der Waals surface area contributed by atoms with Gasteiger partial charge in [0, 0.05) is 18.8 Å². The van der Waals surface area contributed by atoms with E-state index in [1.54, 1.807) is 0 Å². The zero-order valence-corrected chi connectivity index (χ0v) is 11.4. The molecule has 0 spiro atoms. The maximum absolute atomic E-state index is 11.1. The van der Waals surface area contributed by atoms with E-state index < -0.39 is 0 Å². The molecule has 0 saturated heterocycles. The number of pyridine rings is 1. The van der Waals surface area contributed by atoms with Crippen LogP contribution in [0.25, 0.3) is 0 Å². The molecule has 3 nitrogen and oxygen atoms in total. The van der Waals surface area contributed by atoms with E-state index in [9.17, 15) is 4.79 Å². The Bertz CT molecular complexity index is 411. The predicted molar refractivity (Wildman–Crippen MR) is 74.2 cm³/mol. The van der Waals surface area contributed by atoms with Crippen LogP contribution in [0.1, 0.15) is 48.7 Å². The largest absolute Gasteiger partial charge is 0.356 e. The maximum Gasteiger partial charge on any atom is 0.153 e. The maximum atomic E-state index is 11.1. The van der Waals surface area contributed by atoms with Gasteiger partial charge < -0.3 is 4.90 Å². The first-order chi connectivity index (χ1) is 8.74. The Morgan fingerprint density at radius 3 is 2.72 bits per heavy atom. The van der Waals surface area contributed by atoms with E-state index in [0.29, 0.717) is 5.56 Å². The minimum atomic E-state index is 0.709. The van der Waals surface area contributed by atoms with Gasteiger partial charge in [-0.3, -0.25) is 4.79 Å². The van der Waals surface area contributed by atoms with Gasteiger partial charge in [-0.1, -0.05) is 12.8 Å². The van der Waals surface area contributed by atoms with E-state index >= 15 is 0 Å². The van der Waals surface area contributed by atoms with Crippen LogP contribution in [0.15, 0.2) is 12.1 Å². The van der Waals surface area contributed by atoms with E-state index in [-0.39, 0.29) is 0 Å². The van der Waals surface area contributed by atoms with Crippen molar-refractivity contribution in [3.05, 3.63) is 23.4 Å². The summed E-state index contributed by atoms with van der Waals surface area (Å²) in [6, 6.07) is 3.78. The standard InChI is InChI=1S/C15H22N2O/c1-3-17(10-13-6-4-5-7-13)15-14(11-18)9-8-12(2)16-15/h8-9,11,13H,3-7,10H2,1-2H3. The molecule has 1 fully saturated rings. The van der Waals surface area contributed by atoms with E-state index in [2.05, 4.69) is 16.8 Å². The molecular formula is C15H22N2O. The molecule has 1 heterocycles. The minimum absolute atomic E-state index is 0.709. The highest BCUT2D eigenvalue weighted by atomic mass is 16.1. The molecule has 1 aromatic heterocycles. The van der Waals surface area contributed by atoms with Crippen molar-refractivity contribution < 1.29 is 4.79 Å². The minimum Gasteiger partial charge on any atom is -0.356 e. The van der Waals surface area contributed by atoms with E-state index in [4.69, 9.17) is 0 Å². The van der Waals surface area contributed by atoms with E-state index in [1.807, 2.05) is 19.1 Å². The molecule has 0 unspecified atom stereocenters. The molecule has 3 heteroatoms. The van der Waals surface area contributed by atoms with Crippen LogP contribution in [0.4, 0.5) is 5.82 Å². The van der Waals surface area contributed by atoms with Crippen molar-refractivity contribution in [3.63, 3.8) is 0 Å². The van der Waals surface area contributed by atoms with Gasteiger partial charge in [-0.2, -0.15) is 0 Å². The SMILES string of the molecule is CCN(CC1CCCC1)c1nc(C)ccc1C=O. The molecule has 0 bridgehead atoms. The van der Waals surface area contributed by atoms with Crippen LogP contribution in [0.5, 0.6) is 0 Å². The van der Waals surface area contributed by atoms with Gasteiger partial charge in [0.2, 0.25) is 0 Å². The monoisotopic (exact) mass is 246 g/mol.